The highest BCUT2D eigenvalue weighted by atomic mass is 14.4. The van der Waals surface area contributed by atoms with Crippen molar-refractivity contribution in [3.05, 3.63) is 236 Å². The summed E-state index contributed by atoms with van der Waals surface area (Å²) in [6.07, 6.45) is 8.50. The van der Waals surface area contributed by atoms with Crippen molar-refractivity contribution < 1.29 is 0 Å². The van der Waals surface area contributed by atoms with Gasteiger partial charge in [0.2, 0.25) is 0 Å². The maximum absolute atomic E-state index is 4.40. The van der Waals surface area contributed by atoms with Gasteiger partial charge in [-0.2, -0.15) is 0 Å². The van der Waals surface area contributed by atoms with Gasteiger partial charge in [-0.3, -0.25) is 0 Å². The van der Waals surface area contributed by atoms with Crippen molar-refractivity contribution in [1.82, 2.24) is 0 Å². The number of hydrogen-bond acceptors (Lipinski definition) is 0. The van der Waals surface area contributed by atoms with E-state index < -0.39 is 0 Å². The fraction of sp³-hybridized carbons (Fsp3) is 0.0667. The fourth-order valence-electron chi connectivity index (χ4n) is 9.09. The normalized spacial score (nSPS) is 13.6. The summed E-state index contributed by atoms with van der Waals surface area (Å²) < 4.78 is 0. The van der Waals surface area contributed by atoms with E-state index in [2.05, 4.69) is 227 Å². The SMILES string of the molecule is C=CC(=C)c1cccc(-c2c3c(c(-c4cccc(-c5ccccc5)c4)c(-c4cccc(-c5ccccc5)c4)c2-c2cccc(-c4ccccc4)c2)C(=CC)CCC3=CC)c1. The molecular weight excluding hydrogens is 721 g/mol. The van der Waals surface area contributed by atoms with E-state index in [1.807, 2.05) is 6.08 Å². The summed E-state index contributed by atoms with van der Waals surface area (Å²) >= 11 is 0. The second-order valence-electron chi connectivity index (χ2n) is 15.5. The van der Waals surface area contributed by atoms with Gasteiger partial charge in [-0.1, -0.05) is 195 Å². The van der Waals surface area contributed by atoms with Crippen LogP contribution in [0.4, 0.5) is 0 Å². The lowest BCUT2D eigenvalue weighted by atomic mass is 9.70. The molecule has 1 aliphatic carbocycles. The third kappa shape index (κ3) is 7.23. The maximum atomic E-state index is 4.40. The molecule has 0 atom stereocenters. The van der Waals surface area contributed by atoms with Crippen LogP contribution in [0.1, 0.15) is 43.4 Å². The Hall–Kier alpha value is -7.28. The van der Waals surface area contributed by atoms with Gasteiger partial charge in [-0.05, 0) is 162 Å². The van der Waals surface area contributed by atoms with Crippen LogP contribution in [0.25, 0.3) is 94.6 Å². The zero-order valence-electron chi connectivity index (χ0n) is 34.5. The summed E-state index contributed by atoms with van der Waals surface area (Å²) in [5.74, 6) is 0. The highest BCUT2D eigenvalue weighted by molar-refractivity contribution is 6.12. The average Bonchev–Trinajstić information content (AvgIpc) is 3.33. The number of fused-ring (bicyclic) bond motifs is 1. The van der Waals surface area contributed by atoms with Crippen LogP contribution in [-0.4, -0.2) is 0 Å². The average molecular weight is 769 g/mol. The summed E-state index contributed by atoms with van der Waals surface area (Å²) in [7, 11) is 0. The van der Waals surface area contributed by atoms with Crippen LogP contribution in [0, 0.1) is 0 Å². The standard InChI is InChI=1S/C60H48/c1-5-41(4)47-27-17-31-51(37-47)57-55-42(6-2)35-36-43(7-3)56(55)58(52-32-18-28-48(38-52)44-21-11-8-12-22-44)60(54-34-20-30-50(40-54)46-25-15-10-16-26-46)59(57)53-33-19-29-49(39-53)45-23-13-9-14-24-45/h5-34,37-40H,1,4,35-36H2,2-3H3. The van der Waals surface area contributed by atoms with E-state index >= 15 is 0 Å². The van der Waals surface area contributed by atoms with Crippen molar-refractivity contribution in [2.75, 3.05) is 0 Å². The molecule has 0 aliphatic heterocycles. The Kier molecular flexibility index (Phi) is 10.8. The van der Waals surface area contributed by atoms with E-state index in [0.29, 0.717) is 0 Å². The number of allylic oxidation sites excluding steroid dienone is 6. The second-order valence-corrected chi connectivity index (χ2v) is 15.5. The van der Waals surface area contributed by atoms with Crippen LogP contribution in [0.5, 0.6) is 0 Å². The van der Waals surface area contributed by atoms with Gasteiger partial charge in [0.05, 0.1) is 0 Å². The molecule has 0 N–H and O–H groups in total. The first kappa shape index (κ1) is 38.2. The van der Waals surface area contributed by atoms with E-state index in [9.17, 15) is 0 Å². The van der Waals surface area contributed by atoms with Crippen molar-refractivity contribution in [3.8, 4) is 77.9 Å². The molecular formula is C60H48. The topological polar surface area (TPSA) is 0 Å². The first-order valence-electron chi connectivity index (χ1n) is 21.0. The molecule has 0 heterocycles. The molecule has 1 aliphatic rings. The maximum Gasteiger partial charge on any atom is -0.00138 e. The van der Waals surface area contributed by atoms with Crippen LogP contribution in [0.3, 0.4) is 0 Å². The Balaban J connectivity index is 1.51. The summed E-state index contributed by atoms with van der Waals surface area (Å²) in [5, 5.41) is 0. The Morgan fingerprint density at radius 2 is 0.650 bits per heavy atom. The van der Waals surface area contributed by atoms with E-state index in [4.69, 9.17) is 0 Å². The molecule has 0 fully saturated rings. The number of hydrogen-bond donors (Lipinski definition) is 0. The van der Waals surface area contributed by atoms with Gasteiger partial charge in [-0.25, -0.2) is 0 Å². The summed E-state index contributed by atoms with van der Waals surface area (Å²) in [6.45, 7) is 12.9. The largest absolute Gasteiger partial charge is 0.0985 e. The highest BCUT2D eigenvalue weighted by Gasteiger charge is 2.32. The molecule has 0 radical (unpaired) electrons. The smallest absolute Gasteiger partial charge is 0.00138 e. The molecule has 60 heavy (non-hydrogen) atoms. The third-order valence-electron chi connectivity index (χ3n) is 12.0. The van der Waals surface area contributed by atoms with Crippen molar-refractivity contribution in [2.24, 2.45) is 0 Å². The zero-order chi connectivity index (χ0) is 41.0. The van der Waals surface area contributed by atoms with Crippen LogP contribution >= 0.6 is 0 Å². The minimum absolute atomic E-state index is 0.906. The van der Waals surface area contributed by atoms with Crippen molar-refractivity contribution in [1.29, 1.82) is 0 Å². The van der Waals surface area contributed by atoms with Crippen LogP contribution in [0.2, 0.25) is 0 Å². The quantitative estimate of drug-likeness (QED) is 0.128. The van der Waals surface area contributed by atoms with E-state index in [0.717, 1.165) is 29.5 Å². The molecule has 9 rings (SSSR count). The van der Waals surface area contributed by atoms with Crippen molar-refractivity contribution in [2.45, 2.75) is 26.7 Å². The van der Waals surface area contributed by atoms with Gasteiger partial charge in [0.1, 0.15) is 0 Å². The fourth-order valence-corrected chi connectivity index (χ4v) is 9.09. The van der Waals surface area contributed by atoms with Crippen molar-refractivity contribution in [3.63, 3.8) is 0 Å². The lowest BCUT2D eigenvalue weighted by molar-refractivity contribution is 1.05. The number of benzene rings is 8. The first-order chi connectivity index (χ1) is 29.6. The molecule has 8 aromatic carbocycles. The molecule has 0 saturated carbocycles. The molecule has 0 nitrogen and oxygen atoms in total. The van der Waals surface area contributed by atoms with Crippen LogP contribution in [0.15, 0.2) is 219 Å². The molecule has 0 saturated heterocycles. The van der Waals surface area contributed by atoms with Gasteiger partial charge in [-0.15, -0.1) is 0 Å². The van der Waals surface area contributed by atoms with E-state index in [1.54, 1.807) is 0 Å². The first-order valence-corrected chi connectivity index (χ1v) is 21.0. The van der Waals surface area contributed by atoms with Crippen LogP contribution < -0.4 is 0 Å². The zero-order valence-corrected chi connectivity index (χ0v) is 34.5. The van der Waals surface area contributed by atoms with Gasteiger partial charge < -0.3 is 0 Å². The molecule has 0 aromatic heterocycles. The van der Waals surface area contributed by atoms with Gasteiger partial charge in [0.25, 0.3) is 0 Å². The monoisotopic (exact) mass is 768 g/mol. The molecule has 288 valence electrons. The Morgan fingerprint density at radius 3 is 1.00 bits per heavy atom. The summed E-state index contributed by atoms with van der Waals surface area (Å²) in [4.78, 5) is 0. The Bertz CT molecular complexity index is 2940. The molecule has 0 spiro atoms. The van der Waals surface area contributed by atoms with Gasteiger partial charge >= 0.3 is 0 Å². The van der Waals surface area contributed by atoms with Gasteiger partial charge in [0.15, 0.2) is 0 Å². The predicted octanol–water partition coefficient (Wildman–Crippen LogP) is 17.2. The lowest BCUT2D eigenvalue weighted by Crippen LogP contribution is -2.10. The molecule has 0 unspecified atom stereocenters. The number of rotatable bonds is 9. The highest BCUT2D eigenvalue weighted by Crippen LogP contribution is 2.56. The minimum atomic E-state index is 0.906. The van der Waals surface area contributed by atoms with Crippen LogP contribution in [-0.2, 0) is 0 Å². The summed E-state index contributed by atoms with van der Waals surface area (Å²) in [6, 6.07) is 68.8. The summed E-state index contributed by atoms with van der Waals surface area (Å²) in [5.41, 5.74) is 24.1. The molecule has 0 heteroatoms. The predicted molar refractivity (Wildman–Crippen MR) is 260 cm³/mol. The second kappa shape index (κ2) is 16.9. The molecule has 8 aromatic rings. The van der Waals surface area contributed by atoms with Crippen molar-refractivity contribution >= 4 is 16.7 Å². The Labute approximate surface area is 355 Å². The lowest BCUT2D eigenvalue weighted by Gasteiger charge is -2.33. The Morgan fingerprint density at radius 1 is 0.350 bits per heavy atom. The van der Waals surface area contributed by atoms with E-state index in [1.165, 1.54) is 94.6 Å². The van der Waals surface area contributed by atoms with E-state index in [-0.39, 0.29) is 0 Å². The minimum Gasteiger partial charge on any atom is -0.0985 e. The third-order valence-corrected chi connectivity index (χ3v) is 12.0. The molecule has 0 bridgehead atoms. The van der Waals surface area contributed by atoms with Gasteiger partial charge in [0, 0.05) is 0 Å². The molecule has 0 amide bonds.